The summed E-state index contributed by atoms with van der Waals surface area (Å²) in [4.78, 5) is 23.6. The van der Waals surface area contributed by atoms with Crippen LogP contribution in [-0.4, -0.2) is 34.1 Å². The van der Waals surface area contributed by atoms with Crippen molar-refractivity contribution in [1.82, 2.24) is 14.9 Å². The normalized spacial score (nSPS) is 17.2. The molecule has 3 aromatic rings. The highest BCUT2D eigenvalue weighted by Crippen LogP contribution is 2.26. The van der Waals surface area contributed by atoms with Gasteiger partial charge in [0.1, 0.15) is 12.8 Å². The van der Waals surface area contributed by atoms with Gasteiger partial charge in [0.2, 0.25) is 0 Å². The van der Waals surface area contributed by atoms with Crippen molar-refractivity contribution in [3.05, 3.63) is 71.0 Å². The molecule has 1 fully saturated rings. The highest BCUT2D eigenvalue weighted by molar-refractivity contribution is 5.97. The van der Waals surface area contributed by atoms with Crippen LogP contribution in [0.5, 0.6) is 0 Å². The van der Waals surface area contributed by atoms with Crippen LogP contribution < -0.4 is 0 Å². The Hall–Kier alpha value is -2.79. The topological polar surface area (TPSA) is 55.3 Å². The minimum Gasteiger partial charge on any atom is -0.351 e. The molecule has 0 spiro atoms. The quantitative estimate of drug-likeness (QED) is 0.721. The Labute approximate surface area is 146 Å². The molecule has 1 atom stereocenters. The molecule has 0 N–H and O–H groups in total. The van der Waals surface area contributed by atoms with Gasteiger partial charge in [0.15, 0.2) is 0 Å². The molecule has 126 valence electrons. The number of carbonyl (C=O) groups excluding carboxylic acids is 1. The van der Waals surface area contributed by atoms with Gasteiger partial charge < -0.3 is 9.64 Å². The monoisotopic (exact) mass is 333 g/mol. The van der Waals surface area contributed by atoms with Crippen molar-refractivity contribution in [2.45, 2.75) is 20.0 Å². The number of rotatable bonds is 2. The number of carbonyl (C=O) groups is 1. The number of ether oxygens (including phenoxy) is 1. The van der Waals surface area contributed by atoms with Crippen molar-refractivity contribution in [3.63, 3.8) is 0 Å². The van der Waals surface area contributed by atoms with E-state index in [4.69, 9.17) is 4.74 Å². The smallest absolute Gasteiger partial charge is 0.255 e. The van der Waals surface area contributed by atoms with E-state index in [1.165, 1.54) is 0 Å². The lowest BCUT2D eigenvalue weighted by Crippen LogP contribution is -2.28. The molecule has 4 rings (SSSR count). The molecule has 2 heterocycles. The van der Waals surface area contributed by atoms with Crippen molar-refractivity contribution >= 4 is 16.9 Å². The second-order valence-electron chi connectivity index (χ2n) is 6.32. The number of aryl methyl sites for hydroxylation is 2. The fourth-order valence-electron chi connectivity index (χ4n) is 3.04. The van der Waals surface area contributed by atoms with Crippen LogP contribution in [0.3, 0.4) is 0 Å². The van der Waals surface area contributed by atoms with Crippen molar-refractivity contribution in [1.29, 1.82) is 0 Å². The Bertz CT molecular complexity index is 940. The number of nitrogens with zero attached hydrogens (tertiary/aromatic N) is 3. The van der Waals surface area contributed by atoms with Gasteiger partial charge in [0.25, 0.3) is 5.91 Å². The minimum absolute atomic E-state index is 0.0413. The van der Waals surface area contributed by atoms with Gasteiger partial charge in [-0.15, -0.1) is 0 Å². The van der Waals surface area contributed by atoms with Gasteiger partial charge in [0.05, 0.1) is 29.0 Å². The van der Waals surface area contributed by atoms with Crippen LogP contribution in [-0.2, 0) is 4.74 Å². The number of fused-ring (bicyclic) bond motifs is 1. The maximum absolute atomic E-state index is 12.8. The van der Waals surface area contributed by atoms with E-state index in [9.17, 15) is 4.79 Å². The lowest BCUT2D eigenvalue weighted by atomic mass is 10.1. The SMILES string of the molecule is Cc1nc2ccc(C(=O)N3COC(c4ccccc4)C3)cc2nc1C. The Morgan fingerprint density at radius 3 is 2.52 bits per heavy atom. The van der Waals surface area contributed by atoms with Crippen LogP contribution in [0.4, 0.5) is 0 Å². The molecule has 25 heavy (non-hydrogen) atoms. The zero-order chi connectivity index (χ0) is 17.4. The van der Waals surface area contributed by atoms with E-state index in [0.717, 1.165) is 28.0 Å². The summed E-state index contributed by atoms with van der Waals surface area (Å²) in [6.07, 6.45) is -0.0738. The highest BCUT2D eigenvalue weighted by atomic mass is 16.5. The number of aromatic nitrogens is 2. The standard InChI is InChI=1S/C20H19N3O2/c1-13-14(2)22-18-10-16(8-9-17(18)21-13)20(24)23-11-19(25-12-23)15-6-4-3-5-7-15/h3-10,19H,11-12H2,1-2H3. The summed E-state index contributed by atoms with van der Waals surface area (Å²) in [7, 11) is 0. The average Bonchev–Trinajstić information content (AvgIpc) is 3.12. The molecule has 0 bridgehead atoms. The second-order valence-corrected chi connectivity index (χ2v) is 6.32. The molecular formula is C20H19N3O2. The molecule has 0 aliphatic carbocycles. The highest BCUT2D eigenvalue weighted by Gasteiger charge is 2.28. The van der Waals surface area contributed by atoms with E-state index < -0.39 is 0 Å². The zero-order valence-corrected chi connectivity index (χ0v) is 14.3. The first-order chi connectivity index (χ1) is 12.1. The maximum Gasteiger partial charge on any atom is 0.255 e. The van der Waals surface area contributed by atoms with E-state index in [1.807, 2.05) is 62.4 Å². The van der Waals surface area contributed by atoms with E-state index in [-0.39, 0.29) is 12.0 Å². The summed E-state index contributed by atoms with van der Waals surface area (Å²) in [5, 5.41) is 0. The van der Waals surface area contributed by atoms with Gasteiger partial charge >= 0.3 is 0 Å². The van der Waals surface area contributed by atoms with Crippen LogP contribution in [0.2, 0.25) is 0 Å². The Morgan fingerprint density at radius 1 is 1.04 bits per heavy atom. The molecule has 1 saturated heterocycles. The summed E-state index contributed by atoms with van der Waals surface area (Å²) in [5.41, 5.74) is 5.04. The number of benzene rings is 2. The van der Waals surface area contributed by atoms with E-state index in [2.05, 4.69) is 9.97 Å². The average molecular weight is 333 g/mol. The summed E-state index contributed by atoms with van der Waals surface area (Å²) in [6, 6.07) is 15.5. The largest absolute Gasteiger partial charge is 0.351 e. The van der Waals surface area contributed by atoms with Crippen molar-refractivity contribution < 1.29 is 9.53 Å². The fourth-order valence-corrected chi connectivity index (χ4v) is 3.04. The molecule has 2 aromatic carbocycles. The number of hydrogen-bond acceptors (Lipinski definition) is 4. The predicted molar refractivity (Wildman–Crippen MR) is 95.2 cm³/mol. The third-order valence-corrected chi connectivity index (χ3v) is 4.60. The molecule has 1 aromatic heterocycles. The Kier molecular flexibility index (Phi) is 3.93. The number of amides is 1. The van der Waals surface area contributed by atoms with Crippen LogP contribution in [0.25, 0.3) is 11.0 Å². The molecule has 1 unspecified atom stereocenters. The molecule has 5 heteroatoms. The van der Waals surface area contributed by atoms with E-state index in [1.54, 1.807) is 4.90 Å². The lowest BCUT2D eigenvalue weighted by molar-refractivity contribution is 0.0630. The third kappa shape index (κ3) is 2.98. The van der Waals surface area contributed by atoms with Gasteiger partial charge in [-0.3, -0.25) is 4.79 Å². The molecule has 0 radical (unpaired) electrons. The van der Waals surface area contributed by atoms with Crippen LogP contribution in [0.15, 0.2) is 48.5 Å². The Balaban J connectivity index is 1.57. The fraction of sp³-hybridized carbons (Fsp3) is 0.250. The van der Waals surface area contributed by atoms with Crippen LogP contribution >= 0.6 is 0 Å². The first kappa shape index (κ1) is 15.7. The third-order valence-electron chi connectivity index (χ3n) is 4.60. The molecule has 0 saturated carbocycles. The summed E-state index contributed by atoms with van der Waals surface area (Å²) in [5.74, 6) is -0.0413. The van der Waals surface area contributed by atoms with Gasteiger partial charge in [-0.1, -0.05) is 30.3 Å². The van der Waals surface area contributed by atoms with Gasteiger partial charge in [-0.05, 0) is 37.6 Å². The first-order valence-electron chi connectivity index (χ1n) is 8.32. The van der Waals surface area contributed by atoms with E-state index >= 15 is 0 Å². The predicted octanol–water partition coefficient (Wildman–Crippen LogP) is 3.42. The molecule has 5 nitrogen and oxygen atoms in total. The van der Waals surface area contributed by atoms with Gasteiger partial charge in [0, 0.05) is 5.56 Å². The van der Waals surface area contributed by atoms with Gasteiger partial charge in [-0.2, -0.15) is 0 Å². The van der Waals surface area contributed by atoms with Crippen molar-refractivity contribution in [3.8, 4) is 0 Å². The second kappa shape index (κ2) is 6.26. The summed E-state index contributed by atoms with van der Waals surface area (Å²) >= 11 is 0. The van der Waals surface area contributed by atoms with E-state index in [0.29, 0.717) is 18.8 Å². The first-order valence-corrected chi connectivity index (χ1v) is 8.32. The number of hydrogen-bond donors (Lipinski definition) is 0. The molecular weight excluding hydrogens is 314 g/mol. The molecule has 1 aliphatic rings. The molecule has 1 amide bonds. The molecule has 1 aliphatic heterocycles. The zero-order valence-electron chi connectivity index (χ0n) is 14.3. The summed E-state index contributed by atoms with van der Waals surface area (Å²) < 4.78 is 5.79. The van der Waals surface area contributed by atoms with Crippen molar-refractivity contribution in [2.75, 3.05) is 13.3 Å². The van der Waals surface area contributed by atoms with Crippen LogP contribution in [0, 0.1) is 13.8 Å². The summed E-state index contributed by atoms with van der Waals surface area (Å²) in [6.45, 7) is 4.72. The minimum atomic E-state index is -0.0738. The van der Waals surface area contributed by atoms with Crippen LogP contribution in [0.1, 0.15) is 33.4 Å². The van der Waals surface area contributed by atoms with Gasteiger partial charge in [-0.25, -0.2) is 9.97 Å². The van der Waals surface area contributed by atoms with Crippen molar-refractivity contribution in [2.24, 2.45) is 0 Å². The lowest BCUT2D eigenvalue weighted by Gasteiger charge is -2.14. The Morgan fingerprint density at radius 2 is 1.76 bits per heavy atom. The maximum atomic E-state index is 12.8.